The number of hydrogen-bond acceptors (Lipinski definition) is 2. The van der Waals surface area contributed by atoms with Gasteiger partial charge in [0.25, 0.3) is 5.91 Å². The standard InChI is InChI=1S/C11H14N4O2/c1-15(2,3)14-5-4-7-6-8(10(12)16)13-9(7)11(14)17/h4-6H,1-3H3,(H2-,12,13,16,17)/p+1. The Kier molecular flexibility index (Phi) is 2.32. The molecule has 2 aromatic rings. The number of pyridine rings is 1. The first kappa shape index (κ1) is 11.4. The zero-order chi connectivity index (χ0) is 12.8. The van der Waals surface area contributed by atoms with Crippen molar-refractivity contribution >= 4 is 16.8 Å². The Morgan fingerprint density at radius 3 is 2.59 bits per heavy atom. The molecule has 6 heteroatoms. The second-order valence-corrected chi connectivity index (χ2v) is 4.78. The van der Waals surface area contributed by atoms with Gasteiger partial charge in [-0.05, 0) is 12.1 Å². The summed E-state index contributed by atoms with van der Waals surface area (Å²) in [7, 11) is 5.64. The van der Waals surface area contributed by atoms with Gasteiger partial charge in [0.2, 0.25) is 0 Å². The lowest BCUT2D eigenvalue weighted by atomic mass is 10.3. The van der Waals surface area contributed by atoms with Crippen molar-refractivity contribution in [3.8, 4) is 0 Å². The highest BCUT2D eigenvalue weighted by atomic mass is 16.1. The third-order valence-corrected chi connectivity index (χ3v) is 2.58. The Morgan fingerprint density at radius 1 is 1.41 bits per heavy atom. The topological polar surface area (TPSA) is 80.9 Å². The molecule has 0 saturated heterocycles. The first-order valence-electron chi connectivity index (χ1n) is 5.17. The van der Waals surface area contributed by atoms with Crippen LogP contribution < -0.4 is 15.9 Å². The molecule has 0 bridgehead atoms. The SMILES string of the molecule is C[N+](C)(C)n1ccc2cc(C(N)=O)[nH]c2c1=O. The number of aromatic nitrogens is 2. The second-order valence-electron chi connectivity index (χ2n) is 4.78. The fourth-order valence-electron chi connectivity index (χ4n) is 1.72. The van der Waals surface area contributed by atoms with Crippen LogP contribution in [-0.4, -0.2) is 36.7 Å². The van der Waals surface area contributed by atoms with Gasteiger partial charge in [0.05, 0.1) is 27.3 Å². The van der Waals surface area contributed by atoms with Crippen LogP contribution in [0.4, 0.5) is 0 Å². The summed E-state index contributed by atoms with van der Waals surface area (Å²) in [4.78, 5) is 26.0. The average molecular weight is 235 g/mol. The van der Waals surface area contributed by atoms with Crippen molar-refractivity contribution in [3.63, 3.8) is 0 Å². The molecule has 90 valence electrons. The highest BCUT2D eigenvalue weighted by Gasteiger charge is 2.16. The fourth-order valence-corrected chi connectivity index (χ4v) is 1.72. The van der Waals surface area contributed by atoms with Crippen LogP contribution >= 0.6 is 0 Å². The molecule has 0 spiro atoms. The van der Waals surface area contributed by atoms with Crippen LogP contribution in [0.25, 0.3) is 10.9 Å². The van der Waals surface area contributed by atoms with E-state index in [2.05, 4.69) is 4.98 Å². The van der Waals surface area contributed by atoms with Crippen LogP contribution in [0, 0.1) is 0 Å². The van der Waals surface area contributed by atoms with Crippen LogP contribution in [0.3, 0.4) is 0 Å². The monoisotopic (exact) mass is 235 g/mol. The zero-order valence-electron chi connectivity index (χ0n) is 10.0. The molecule has 2 aromatic heterocycles. The Labute approximate surface area is 97.8 Å². The lowest BCUT2D eigenvalue weighted by molar-refractivity contribution is 0.0996. The number of rotatable bonds is 2. The van der Waals surface area contributed by atoms with Crippen LogP contribution in [0.2, 0.25) is 0 Å². The molecule has 0 aliphatic carbocycles. The fraction of sp³-hybridized carbons (Fsp3) is 0.273. The third-order valence-electron chi connectivity index (χ3n) is 2.58. The summed E-state index contributed by atoms with van der Waals surface area (Å²) in [6, 6.07) is 3.36. The molecule has 0 aliphatic rings. The average Bonchev–Trinajstić information content (AvgIpc) is 2.60. The summed E-state index contributed by atoms with van der Waals surface area (Å²) in [5.74, 6) is -0.572. The van der Waals surface area contributed by atoms with E-state index in [1.807, 2.05) is 21.1 Å². The van der Waals surface area contributed by atoms with Crippen LogP contribution in [-0.2, 0) is 0 Å². The van der Waals surface area contributed by atoms with Crippen molar-refractivity contribution in [3.05, 3.63) is 34.4 Å². The molecule has 17 heavy (non-hydrogen) atoms. The van der Waals surface area contributed by atoms with Crippen molar-refractivity contribution in [1.82, 2.24) is 14.3 Å². The van der Waals surface area contributed by atoms with Crippen molar-refractivity contribution < 1.29 is 4.79 Å². The molecule has 0 aromatic carbocycles. The van der Waals surface area contributed by atoms with Gasteiger partial charge < -0.3 is 10.7 Å². The number of amides is 1. The van der Waals surface area contributed by atoms with Gasteiger partial charge in [-0.2, -0.15) is 4.68 Å². The first-order chi connectivity index (χ1) is 7.80. The molecule has 3 N–H and O–H groups in total. The van der Waals surface area contributed by atoms with Gasteiger partial charge in [0.1, 0.15) is 11.2 Å². The Morgan fingerprint density at radius 2 is 2.06 bits per heavy atom. The third kappa shape index (κ3) is 1.83. The number of fused-ring (bicyclic) bond motifs is 1. The summed E-state index contributed by atoms with van der Waals surface area (Å²) >= 11 is 0. The van der Waals surface area contributed by atoms with Crippen molar-refractivity contribution in [1.29, 1.82) is 0 Å². The lowest BCUT2D eigenvalue weighted by Crippen LogP contribution is -2.52. The number of nitrogens with one attached hydrogen (secondary N) is 1. The summed E-state index contributed by atoms with van der Waals surface area (Å²) < 4.78 is 1.91. The normalized spacial score (nSPS) is 11.9. The Hall–Kier alpha value is -2.08. The molecule has 0 atom stereocenters. The molecule has 6 nitrogen and oxygen atoms in total. The van der Waals surface area contributed by atoms with Crippen LogP contribution in [0.5, 0.6) is 0 Å². The van der Waals surface area contributed by atoms with Gasteiger partial charge in [-0.1, -0.05) is 0 Å². The highest BCUT2D eigenvalue weighted by molar-refractivity contribution is 5.96. The molecule has 0 aliphatic heterocycles. The summed E-state index contributed by atoms with van der Waals surface area (Å²) in [6.45, 7) is 0. The quantitative estimate of drug-likeness (QED) is 0.704. The predicted molar refractivity (Wildman–Crippen MR) is 66.4 cm³/mol. The number of aromatic amines is 1. The summed E-state index contributed by atoms with van der Waals surface area (Å²) in [5, 5.41) is 0.688. The van der Waals surface area contributed by atoms with Crippen LogP contribution in [0.1, 0.15) is 10.5 Å². The number of quaternary nitrogens is 1. The van der Waals surface area contributed by atoms with Gasteiger partial charge >= 0.3 is 5.56 Å². The van der Waals surface area contributed by atoms with Crippen molar-refractivity contribution in [2.45, 2.75) is 0 Å². The first-order valence-corrected chi connectivity index (χ1v) is 5.17. The van der Waals surface area contributed by atoms with Gasteiger partial charge in [-0.25, -0.2) is 4.59 Å². The molecule has 0 saturated carbocycles. The van der Waals surface area contributed by atoms with Crippen LogP contribution in [0.15, 0.2) is 23.1 Å². The number of nitrogens with two attached hydrogens (primary N) is 1. The summed E-state index contributed by atoms with van der Waals surface area (Å²) in [6.07, 6.45) is 1.70. The highest BCUT2D eigenvalue weighted by Crippen LogP contribution is 2.11. The smallest absolute Gasteiger partial charge is 0.320 e. The molecule has 0 fully saturated rings. The maximum absolute atomic E-state index is 12.2. The number of carbonyl (C=O) groups is 1. The Bertz CT molecular complexity index is 646. The van der Waals surface area contributed by atoms with Crippen molar-refractivity contribution in [2.24, 2.45) is 5.73 Å². The van der Waals surface area contributed by atoms with Crippen molar-refractivity contribution in [2.75, 3.05) is 21.1 Å². The number of carbonyl (C=O) groups excluding carboxylic acids is 1. The van der Waals surface area contributed by atoms with E-state index in [0.29, 0.717) is 15.5 Å². The van der Waals surface area contributed by atoms with E-state index in [4.69, 9.17) is 5.73 Å². The molecular formula is C11H15N4O2+. The Balaban J connectivity index is 2.76. The van der Waals surface area contributed by atoms with E-state index in [9.17, 15) is 9.59 Å². The molecule has 1 amide bonds. The number of nitrogens with zero attached hydrogens (tertiary/aromatic N) is 2. The van der Waals surface area contributed by atoms with E-state index in [-0.39, 0.29) is 11.3 Å². The van der Waals surface area contributed by atoms with E-state index >= 15 is 0 Å². The van der Waals surface area contributed by atoms with Gasteiger partial charge in [0, 0.05) is 5.39 Å². The van der Waals surface area contributed by atoms with Gasteiger partial charge in [0.15, 0.2) is 0 Å². The predicted octanol–water partition coefficient (Wildman–Crippen LogP) is -0.243. The van der Waals surface area contributed by atoms with E-state index in [0.717, 1.165) is 0 Å². The second kappa shape index (κ2) is 3.46. The largest absolute Gasteiger partial charge is 0.364 e. The minimum Gasteiger partial charge on any atom is -0.364 e. The zero-order valence-corrected chi connectivity index (χ0v) is 10.0. The molecule has 0 unspecified atom stereocenters. The minimum absolute atomic E-state index is 0.178. The number of hydrogen-bond donors (Lipinski definition) is 2. The van der Waals surface area contributed by atoms with Gasteiger partial charge in [-0.3, -0.25) is 9.59 Å². The molecule has 2 heterocycles. The number of H-pyrrole nitrogens is 1. The molecule has 2 rings (SSSR count). The number of primary amides is 1. The molecular weight excluding hydrogens is 220 g/mol. The van der Waals surface area contributed by atoms with E-state index in [1.165, 1.54) is 0 Å². The van der Waals surface area contributed by atoms with E-state index in [1.54, 1.807) is 23.0 Å². The molecule has 0 radical (unpaired) electrons. The van der Waals surface area contributed by atoms with Gasteiger partial charge in [-0.15, -0.1) is 0 Å². The minimum atomic E-state index is -0.572. The maximum Gasteiger partial charge on any atom is 0.320 e. The lowest BCUT2D eigenvalue weighted by Gasteiger charge is -2.24. The maximum atomic E-state index is 12.2. The van der Waals surface area contributed by atoms with E-state index < -0.39 is 5.91 Å². The summed E-state index contributed by atoms with van der Waals surface area (Å²) in [5.41, 5.74) is 5.63.